The molecule has 1 aliphatic carbocycles. The second-order valence-electron chi connectivity index (χ2n) is 6.00. The summed E-state index contributed by atoms with van der Waals surface area (Å²) in [6.07, 6.45) is 3.43. The fourth-order valence-electron chi connectivity index (χ4n) is 3.59. The van der Waals surface area contributed by atoms with Gasteiger partial charge in [-0.25, -0.2) is 0 Å². The number of hydrogen-bond donors (Lipinski definition) is 1. The Morgan fingerprint density at radius 1 is 1.22 bits per heavy atom. The Bertz CT molecular complexity index is 721. The fourth-order valence-corrected chi connectivity index (χ4v) is 4.66. The lowest BCUT2D eigenvalue weighted by Crippen LogP contribution is -2.46. The van der Waals surface area contributed by atoms with Gasteiger partial charge in [-0.15, -0.1) is 11.8 Å². The molecule has 0 bridgehead atoms. The van der Waals surface area contributed by atoms with Crippen molar-refractivity contribution in [2.45, 2.75) is 31.4 Å². The predicted molar refractivity (Wildman–Crippen MR) is 88.5 cm³/mol. The van der Waals surface area contributed by atoms with Gasteiger partial charge in [0.2, 0.25) is 5.91 Å². The SMILES string of the molecule is N#CC1=C(SCc2ccccc2)NC(=O)[C@@H](C#N)C12CCCC2. The number of allylic oxidation sites excluding steroid dienone is 1. The lowest BCUT2D eigenvalue weighted by Gasteiger charge is -2.37. The monoisotopic (exact) mass is 323 g/mol. The number of nitrogens with zero attached hydrogens (tertiary/aromatic N) is 2. The number of nitriles is 2. The Morgan fingerprint density at radius 3 is 2.52 bits per heavy atom. The molecule has 1 aliphatic heterocycles. The van der Waals surface area contributed by atoms with Crippen molar-refractivity contribution in [1.82, 2.24) is 5.32 Å². The van der Waals surface area contributed by atoms with Crippen LogP contribution in [0.5, 0.6) is 0 Å². The van der Waals surface area contributed by atoms with Gasteiger partial charge in [0.1, 0.15) is 5.92 Å². The van der Waals surface area contributed by atoms with E-state index in [0.29, 0.717) is 16.4 Å². The molecule has 1 aromatic rings. The maximum Gasteiger partial charge on any atom is 0.243 e. The van der Waals surface area contributed by atoms with Gasteiger partial charge >= 0.3 is 0 Å². The van der Waals surface area contributed by atoms with Gasteiger partial charge in [-0.1, -0.05) is 43.2 Å². The van der Waals surface area contributed by atoms with Crippen LogP contribution in [0.15, 0.2) is 40.9 Å². The molecule has 0 unspecified atom stereocenters. The van der Waals surface area contributed by atoms with Crippen LogP contribution in [-0.2, 0) is 10.5 Å². The second-order valence-corrected chi connectivity index (χ2v) is 6.99. The lowest BCUT2D eigenvalue weighted by atomic mass is 9.67. The minimum Gasteiger partial charge on any atom is -0.319 e. The van der Waals surface area contributed by atoms with Crippen LogP contribution in [0.25, 0.3) is 0 Å². The van der Waals surface area contributed by atoms with Crippen LogP contribution in [0.4, 0.5) is 0 Å². The van der Waals surface area contributed by atoms with E-state index >= 15 is 0 Å². The molecule has 5 heteroatoms. The minimum atomic E-state index is -0.749. The summed E-state index contributed by atoms with van der Waals surface area (Å²) in [5.41, 5.74) is 1.16. The van der Waals surface area contributed by atoms with Crippen LogP contribution >= 0.6 is 11.8 Å². The van der Waals surface area contributed by atoms with E-state index in [1.807, 2.05) is 30.3 Å². The van der Waals surface area contributed by atoms with Crippen molar-refractivity contribution >= 4 is 17.7 Å². The van der Waals surface area contributed by atoms with Crippen molar-refractivity contribution in [2.24, 2.45) is 11.3 Å². The summed E-state index contributed by atoms with van der Waals surface area (Å²) in [6, 6.07) is 14.4. The Balaban J connectivity index is 1.94. The molecule has 1 amide bonds. The third-order valence-electron chi connectivity index (χ3n) is 4.74. The quantitative estimate of drug-likeness (QED) is 0.924. The van der Waals surface area contributed by atoms with E-state index in [2.05, 4.69) is 17.5 Å². The molecule has 1 spiro atoms. The summed E-state index contributed by atoms with van der Waals surface area (Å²) in [4.78, 5) is 12.4. The maximum absolute atomic E-state index is 12.4. The summed E-state index contributed by atoms with van der Waals surface area (Å²) >= 11 is 1.48. The van der Waals surface area contributed by atoms with Crippen LogP contribution in [0.2, 0.25) is 0 Å². The maximum atomic E-state index is 12.4. The molecule has 4 nitrogen and oxygen atoms in total. The molecule has 2 aliphatic rings. The fraction of sp³-hybridized carbons (Fsp3) is 0.389. The van der Waals surface area contributed by atoms with Crippen molar-refractivity contribution in [1.29, 1.82) is 10.5 Å². The van der Waals surface area contributed by atoms with Gasteiger partial charge < -0.3 is 5.32 Å². The molecular weight excluding hydrogens is 306 g/mol. The zero-order chi connectivity index (χ0) is 16.3. The number of amides is 1. The first-order chi connectivity index (χ1) is 11.2. The molecule has 23 heavy (non-hydrogen) atoms. The normalized spacial score (nSPS) is 22.5. The largest absolute Gasteiger partial charge is 0.319 e. The van der Waals surface area contributed by atoms with Gasteiger partial charge in [0, 0.05) is 11.2 Å². The number of benzene rings is 1. The van der Waals surface area contributed by atoms with Gasteiger partial charge in [0.25, 0.3) is 0 Å². The van der Waals surface area contributed by atoms with Crippen LogP contribution in [0.3, 0.4) is 0 Å². The van der Waals surface area contributed by atoms with Crippen molar-refractivity contribution < 1.29 is 4.79 Å². The van der Waals surface area contributed by atoms with Gasteiger partial charge in [-0.05, 0) is 18.4 Å². The molecule has 0 saturated heterocycles. The van der Waals surface area contributed by atoms with Gasteiger partial charge in [-0.3, -0.25) is 4.79 Å². The van der Waals surface area contributed by atoms with Crippen molar-refractivity contribution in [2.75, 3.05) is 0 Å². The van der Waals surface area contributed by atoms with Crippen molar-refractivity contribution in [3.63, 3.8) is 0 Å². The number of thioether (sulfide) groups is 1. The summed E-state index contributed by atoms with van der Waals surface area (Å²) in [5, 5.41) is 22.6. The minimum absolute atomic E-state index is 0.260. The molecule has 116 valence electrons. The predicted octanol–water partition coefficient (Wildman–Crippen LogP) is 3.48. The highest BCUT2D eigenvalue weighted by molar-refractivity contribution is 8.02. The number of hydrogen-bond acceptors (Lipinski definition) is 4. The lowest BCUT2D eigenvalue weighted by molar-refractivity contribution is -0.126. The third kappa shape index (κ3) is 2.73. The average molecular weight is 323 g/mol. The molecule has 0 aromatic heterocycles. The van der Waals surface area contributed by atoms with Crippen LogP contribution in [0.1, 0.15) is 31.2 Å². The molecule has 1 N–H and O–H groups in total. The standard InChI is InChI=1S/C18H17N3OS/c19-10-14-16(22)21-17(23-12-13-6-2-1-3-7-13)15(11-20)18(14)8-4-5-9-18/h1-3,6-7,14H,4-5,8-9,12H2,(H,21,22)/t14-/m1/s1. The second kappa shape index (κ2) is 6.48. The molecule has 3 rings (SSSR count). The van der Waals surface area contributed by atoms with Crippen LogP contribution in [-0.4, -0.2) is 5.91 Å². The van der Waals surface area contributed by atoms with Gasteiger partial charge in [0.05, 0.1) is 22.7 Å². The molecular formula is C18H17N3OS. The van der Waals surface area contributed by atoms with E-state index < -0.39 is 11.3 Å². The summed E-state index contributed by atoms with van der Waals surface area (Å²) in [5.74, 6) is -0.320. The first-order valence-corrected chi connectivity index (χ1v) is 8.72. The summed E-state index contributed by atoms with van der Waals surface area (Å²) in [7, 11) is 0. The van der Waals surface area contributed by atoms with E-state index in [1.165, 1.54) is 11.8 Å². The van der Waals surface area contributed by atoms with E-state index in [4.69, 9.17) is 0 Å². The zero-order valence-corrected chi connectivity index (χ0v) is 13.5. The summed E-state index contributed by atoms with van der Waals surface area (Å²) < 4.78 is 0. The van der Waals surface area contributed by atoms with E-state index in [0.717, 1.165) is 31.2 Å². The van der Waals surface area contributed by atoms with E-state index in [1.54, 1.807) is 0 Å². The molecule has 0 radical (unpaired) electrons. The Labute approximate surface area is 140 Å². The molecule has 1 aromatic carbocycles. The van der Waals surface area contributed by atoms with Gasteiger partial charge in [0.15, 0.2) is 0 Å². The van der Waals surface area contributed by atoms with Crippen molar-refractivity contribution in [3.05, 3.63) is 46.5 Å². The van der Waals surface area contributed by atoms with Crippen LogP contribution < -0.4 is 5.32 Å². The molecule has 1 heterocycles. The van der Waals surface area contributed by atoms with Gasteiger partial charge in [-0.2, -0.15) is 10.5 Å². The molecule has 1 saturated carbocycles. The van der Waals surface area contributed by atoms with E-state index in [9.17, 15) is 15.3 Å². The highest BCUT2D eigenvalue weighted by Gasteiger charge is 2.52. The topological polar surface area (TPSA) is 76.7 Å². The Kier molecular flexibility index (Phi) is 4.41. The zero-order valence-electron chi connectivity index (χ0n) is 12.7. The number of rotatable bonds is 3. The third-order valence-corrected chi connectivity index (χ3v) is 5.81. The number of carbonyl (C=O) groups is 1. The van der Waals surface area contributed by atoms with Crippen molar-refractivity contribution in [3.8, 4) is 12.1 Å². The molecule has 1 atom stereocenters. The Morgan fingerprint density at radius 2 is 1.91 bits per heavy atom. The highest BCUT2D eigenvalue weighted by atomic mass is 32.2. The first-order valence-electron chi connectivity index (χ1n) is 7.73. The first kappa shape index (κ1) is 15.6. The summed E-state index contributed by atoms with van der Waals surface area (Å²) in [6.45, 7) is 0. The van der Waals surface area contributed by atoms with Crippen LogP contribution in [0, 0.1) is 34.0 Å². The Hall–Kier alpha value is -2.24. The molecule has 1 fully saturated rings. The number of carbonyl (C=O) groups excluding carboxylic acids is 1. The van der Waals surface area contributed by atoms with E-state index in [-0.39, 0.29) is 5.91 Å². The highest BCUT2D eigenvalue weighted by Crippen LogP contribution is 2.53. The smallest absolute Gasteiger partial charge is 0.243 e. The average Bonchev–Trinajstić information content (AvgIpc) is 3.04. The number of nitrogens with one attached hydrogen (secondary N) is 1.